The minimum absolute atomic E-state index is 0.0117. The highest BCUT2D eigenvalue weighted by molar-refractivity contribution is 7.89. The molecule has 0 aliphatic heterocycles. The molecular formula is C15H27N3O4S. The first-order valence-corrected chi connectivity index (χ1v) is 9.37. The molecule has 1 aromatic heterocycles. The van der Waals surface area contributed by atoms with Crippen LogP contribution in [-0.2, 0) is 14.8 Å². The Labute approximate surface area is 138 Å². The topological polar surface area (TPSA) is 101 Å². The molecule has 1 atom stereocenters. The smallest absolute Gasteiger partial charge is 0.258 e. The van der Waals surface area contributed by atoms with E-state index in [1.807, 2.05) is 6.92 Å². The van der Waals surface area contributed by atoms with Crippen molar-refractivity contribution in [3.05, 3.63) is 18.2 Å². The van der Waals surface area contributed by atoms with E-state index in [9.17, 15) is 8.42 Å². The largest absolute Gasteiger partial charge is 0.396 e. The molecule has 0 radical (unpaired) electrons. The summed E-state index contributed by atoms with van der Waals surface area (Å²) in [5.74, 6) is 0.925. The molecule has 0 fully saturated rings. The van der Waals surface area contributed by atoms with Crippen LogP contribution in [0.3, 0.4) is 0 Å². The van der Waals surface area contributed by atoms with E-state index < -0.39 is 10.0 Å². The molecule has 7 nitrogen and oxygen atoms in total. The number of hydrogen-bond donors (Lipinski definition) is 3. The Kier molecular flexibility index (Phi) is 9.08. The predicted molar refractivity (Wildman–Crippen MR) is 89.9 cm³/mol. The van der Waals surface area contributed by atoms with Crippen LogP contribution in [-0.4, -0.2) is 51.4 Å². The summed E-state index contributed by atoms with van der Waals surface area (Å²) in [5, 5.41) is 12.0. The van der Waals surface area contributed by atoms with E-state index in [-0.39, 0.29) is 18.2 Å². The Morgan fingerprint density at radius 3 is 2.78 bits per heavy atom. The van der Waals surface area contributed by atoms with Crippen molar-refractivity contribution >= 4 is 15.8 Å². The molecule has 3 N–H and O–H groups in total. The van der Waals surface area contributed by atoms with E-state index >= 15 is 0 Å². The molecule has 0 spiro atoms. The molecule has 1 heterocycles. The molecule has 8 heteroatoms. The third kappa shape index (κ3) is 7.74. The summed E-state index contributed by atoms with van der Waals surface area (Å²) in [7, 11) is -3.63. The second kappa shape index (κ2) is 10.5. The molecule has 0 aromatic carbocycles. The van der Waals surface area contributed by atoms with Gasteiger partial charge in [0.1, 0.15) is 5.82 Å². The molecule has 0 saturated heterocycles. The number of pyridine rings is 1. The van der Waals surface area contributed by atoms with Crippen molar-refractivity contribution in [2.75, 3.05) is 38.2 Å². The first kappa shape index (κ1) is 19.8. The van der Waals surface area contributed by atoms with Gasteiger partial charge in [0.15, 0.2) is 5.03 Å². The van der Waals surface area contributed by atoms with Crippen LogP contribution in [0.25, 0.3) is 0 Å². The average Bonchev–Trinajstić information content (AvgIpc) is 2.52. The molecule has 0 bridgehead atoms. The molecule has 132 valence electrons. The fourth-order valence-corrected chi connectivity index (χ4v) is 2.92. The molecular weight excluding hydrogens is 318 g/mol. The summed E-state index contributed by atoms with van der Waals surface area (Å²) in [6.45, 7) is 5.87. The predicted octanol–water partition coefficient (Wildman–Crippen LogP) is 1.22. The standard InChI is InChI=1S/C15H27N3O4S/c1-3-22-12-10-17-23(20,21)15-6-4-5-14(18-15)16-9-7-13(2)8-11-19/h4-6,13,17,19H,3,7-12H2,1-2H3,(H,16,18). The highest BCUT2D eigenvalue weighted by Gasteiger charge is 2.15. The van der Waals surface area contributed by atoms with Crippen molar-refractivity contribution in [3.63, 3.8) is 0 Å². The van der Waals surface area contributed by atoms with E-state index in [0.29, 0.717) is 31.5 Å². The van der Waals surface area contributed by atoms with Crippen molar-refractivity contribution in [2.24, 2.45) is 5.92 Å². The molecule has 0 aliphatic rings. The maximum Gasteiger partial charge on any atom is 0.258 e. The number of hydrogen-bond acceptors (Lipinski definition) is 6. The fourth-order valence-electron chi connectivity index (χ4n) is 1.94. The van der Waals surface area contributed by atoms with Crippen molar-refractivity contribution in [3.8, 4) is 0 Å². The van der Waals surface area contributed by atoms with Crippen molar-refractivity contribution < 1.29 is 18.3 Å². The van der Waals surface area contributed by atoms with Gasteiger partial charge in [-0.05, 0) is 37.8 Å². The summed E-state index contributed by atoms with van der Waals surface area (Å²) in [6, 6.07) is 4.85. The molecule has 0 aliphatic carbocycles. The zero-order chi connectivity index (χ0) is 17.1. The minimum Gasteiger partial charge on any atom is -0.396 e. The third-order valence-electron chi connectivity index (χ3n) is 3.31. The number of sulfonamides is 1. The number of nitrogens with one attached hydrogen (secondary N) is 2. The Bertz CT molecular complexity index is 551. The van der Waals surface area contributed by atoms with Crippen LogP contribution in [0.4, 0.5) is 5.82 Å². The molecule has 1 unspecified atom stereocenters. The van der Waals surface area contributed by atoms with Gasteiger partial charge < -0.3 is 15.2 Å². The fraction of sp³-hybridized carbons (Fsp3) is 0.667. The first-order chi connectivity index (χ1) is 11.0. The van der Waals surface area contributed by atoms with E-state index in [1.165, 1.54) is 6.07 Å². The van der Waals surface area contributed by atoms with Crippen LogP contribution in [0.5, 0.6) is 0 Å². The van der Waals surface area contributed by atoms with Gasteiger partial charge in [0.05, 0.1) is 6.61 Å². The van der Waals surface area contributed by atoms with Crippen molar-refractivity contribution in [1.82, 2.24) is 9.71 Å². The van der Waals surface area contributed by atoms with Crippen LogP contribution >= 0.6 is 0 Å². The van der Waals surface area contributed by atoms with Gasteiger partial charge in [-0.25, -0.2) is 18.1 Å². The van der Waals surface area contributed by atoms with Gasteiger partial charge in [-0.1, -0.05) is 13.0 Å². The molecule has 1 aromatic rings. The van der Waals surface area contributed by atoms with Gasteiger partial charge in [-0.2, -0.15) is 0 Å². The maximum absolute atomic E-state index is 12.1. The lowest BCUT2D eigenvalue weighted by Crippen LogP contribution is -2.28. The molecule has 0 saturated carbocycles. The van der Waals surface area contributed by atoms with Gasteiger partial charge in [0.25, 0.3) is 10.0 Å². The summed E-state index contributed by atoms with van der Waals surface area (Å²) < 4.78 is 31.8. The number of anilines is 1. The van der Waals surface area contributed by atoms with Gasteiger partial charge >= 0.3 is 0 Å². The Morgan fingerprint density at radius 2 is 2.09 bits per heavy atom. The SMILES string of the molecule is CCOCCNS(=O)(=O)c1cccc(NCCC(C)CCO)n1. The minimum atomic E-state index is -3.63. The highest BCUT2D eigenvalue weighted by atomic mass is 32.2. The number of aliphatic hydroxyl groups excluding tert-OH is 1. The summed E-state index contributed by atoms with van der Waals surface area (Å²) in [4.78, 5) is 4.13. The van der Waals surface area contributed by atoms with Crippen LogP contribution in [0, 0.1) is 5.92 Å². The Balaban J connectivity index is 2.54. The summed E-state index contributed by atoms with van der Waals surface area (Å²) in [5.41, 5.74) is 0. The quantitative estimate of drug-likeness (QED) is 0.493. The zero-order valence-corrected chi connectivity index (χ0v) is 14.6. The van der Waals surface area contributed by atoms with Crippen molar-refractivity contribution in [2.45, 2.75) is 31.7 Å². The Morgan fingerprint density at radius 1 is 1.30 bits per heavy atom. The first-order valence-electron chi connectivity index (χ1n) is 7.88. The van der Waals surface area contributed by atoms with Gasteiger partial charge in [-0.15, -0.1) is 0 Å². The average molecular weight is 345 g/mol. The normalized spacial score (nSPS) is 13.0. The van der Waals surface area contributed by atoms with Gasteiger partial charge in [-0.3, -0.25) is 0 Å². The van der Waals surface area contributed by atoms with Crippen LogP contribution in [0.2, 0.25) is 0 Å². The van der Waals surface area contributed by atoms with Crippen LogP contribution < -0.4 is 10.0 Å². The van der Waals surface area contributed by atoms with E-state index in [0.717, 1.165) is 12.8 Å². The lowest BCUT2D eigenvalue weighted by molar-refractivity contribution is 0.153. The number of aliphatic hydroxyl groups is 1. The second-order valence-corrected chi connectivity index (χ2v) is 7.00. The van der Waals surface area contributed by atoms with E-state index in [2.05, 4.69) is 21.9 Å². The van der Waals surface area contributed by atoms with Gasteiger partial charge in [0, 0.05) is 26.3 Å². The lowest BCUT2D eigenvalue weighted by atomic mass is 10.1. The lowest BCUT2D eigenvalue weighted by Gasteiger charge is -2.12. The summed E-state index contributed by atoms with van der Waals surface area (Å²) in [6.07, 6.45) is 1.64. The maximum atomic E-state index is 12.1. The van der Waals surface area contributed by atoms with E-state index in [1.54, 1.807) is 12.1 Å². The Hall–Kier alpha value is -1.22. The van der Waals surface area contributed by atoms with Crippen LogP contribution in [0.15, 0.2) is 23.2 Å². The number of rotatable bonds is 12. The number of aromatic nitrogens is 1. The second-order valence-electron chi connectivity index (χ2n) is 5.29. The molecule has 0 amide bonds. The van der Waals surface area contributed by atoms with Gasteiger partial charge in [0.2, 0.25) is 0 Å². The third-order valence-corrected chi connectivity index (χ3v) is 4.67. The molecule has 23 heavy (non-hydrogen) atoms. The monoisotopic (exact) mass is 345 g/mol. The zero-order valence-electron chi connectivity index (χ0n) is 13.8. The number of ether oxygens (including phenoxy) is 1. The number of nitrogens with zero attached hydrogens (tertiary/aromatic N) is 1. The van der Waals surface area contributed by atoms with Crippen molar-refractivity contribution in [1.29, 1.82) is 0 Å². The highest BCUT2D eigenvalue weighted by Crippen LogP contribution is 2.11. The molecule has 1 rings (SSSR count). The van der Waals surface area contributed by atoms with E-state index in [4.69, 9.17) is 9.84 Å². The summed E-state index contributed by atoms with van der Waals surface area (Å²) >= 11 is 0. The van der Waals surface area contributed by atoms with Crippen LogP contribution in [0.1, 0.15) is 26.7 Å².